The van der Waals surface area contributed by atoms with E-state index in [1.807, 2.05) is 48.5 Å². The van der Waals surface area contributed by atoms with E-state index in [2.05, 4.69) is 15.2 Å². The number of hydrogen-bond acceptors (Lipinski definition) is 4. The lowest BCUT2D eigenvalue weighted by atomic mass is 9.96. The molecule has 0 saturated carbocycles. The maximum absolute atomic E-state index is 13.9. The number of piperidine rings is 1. The van der Waals surface area contributed by atoms with Gasteiger partial charge in [0.2, 0.25) is 0 Å². The van der Waals surface area contributed by atoms with Crippen molar-refractivity contribution in [2.24, 2.45) is 5.92 Å². The van der Waals surface area contributed by atoms with E-state index < -0.39 is 0 Å². The molecule has 0 spiro atoms. The zero-order valence-electron chi connectivity index (χ0n) is 19.0. The van der Waals surface area contributed by atoms with Crippen LogP contribution < -0.4 is 5.32 Å². The van der Waals surface area contributed by atoms with E-state index in [9.17, 15) is 9.18 Å². The third-order valence-corrected chi connectivity index (χ3v) is 6.50. The molecule has 1 amide bonds. The van der Waals surface area contributed by atoms with E-state index in [4.69, 9.17) is 4.42 Å². The van der Waals surface area contributed by atoms with Gasteiger partial charge in [0.15, 0.2) is 11.5 Å². The van der Waals surface area contributed by atoms with Crippen LogP contribution in [0.5, 0.6) is 0 Å². The quantitative estimate of drug-likeness (QED) is 0.414. The van der Waals surface area contributed by atoms with Crippen molar-refractivity contribution < 1.29 is 13.6 Å². The van der Waals surface area contributed by atoms with Gasteiger partial charge in [0.25, 0.3) is 5.91 Å². The molecule has 1 aliphatic heterocycles. The largest absolute Gasteiger partial charge is 0.440 e. The maximum Gasteiger partial charge on any atom is 0.251 e. The van der Waals surface area contributed by atoms with Gasteiger partial charge in [-0.3, -0.25) is 9.69 Å². The van der Waals surface area contributed by atoms with E-state index in [1.54, 1.807) is 18.2 Å². The Morgan fingerprint density at radius 1 is 1.03 bits per heavy atom. The number of carbonyl (C=O) groups excluding carboxylic acids is 1. The molecule has 1 fully saturated rings. The Balaban J connectivity index is 1.13. The Hall–Kier alpha value is -3.51. The van der Waals surface area contributed by atoms with Crippen LogP contribution in [-0.4, -0.2) is 35.4 Å². The monoisotopic (exact) mass is 457 g/mol. The number of carbonyl (C=O) groups is 1. The molecule has 5 rings (SSSR count). The molecular formula is C28H28FN3O2. The molecule has 2 heterocycles. The van der Waals surface area contributed by atoms with Gasteiger partial charge < -0.3 is 9.73 Å². The summed E-state index contributed by atoms with van der Waals surface area (Å²) in [6.07, 6.45) is 2.59. The second kappa shape index (κ2) is 10.2. The lowest BCUT2D eigenvalue weighted by molar-refractivity contribution is 0.0935. The van der Waals surface area contributed by atoms with Gasteiger partial charge >= 0.3 is 0 Å². The summed E-state index contributed by atoms with van der Waals surface area (Å²) >= 11 is 0. The van der Waals surface area contributed by atoms with Crippen LogP contribution in [0.2, 0.25) is 0 Å². The second-order valence-corrected chi connectivity index (χ2v) is 8.97. The Labute approximate surface area is 198 Å². The average Bonchev–Trinajstić information content (AvgIpc) is 3.27. The number of fused-ring (bicyclic) bond motifs is 1. The smallest absolute Gasteiger partial charge is 0.251 e. The van der Waals surface area contributed by atoms with Gasteiger partial charge in [0.05, 0.1) is 0 Å². The summed E-state index contributed by atoms with van der Waals surface area (Å²) in [4.78, 5) is 19.6. The molecule has 0 atom stereocenters. The van der Waals surface area contributed by atoms with Crippen LogP contribution in [0.1, 0.15) is 40.2 Å². The molecule has 34 heavy (non-hydrogen) atoms. The lowest BCUT2D eigenvalue weighted by Crippen LogP contribution is -2.38. The number of halogens is 1. The van der Waals surface area contributed by atoms with E-state index in [-0.39, 0.29) is 11.7 Å². The standard InChI is InChI=1S/C28H28FN3O2/c29-24-9-5-4-8-23(24)19-32-14-12-21(13-15-32)18-30-28(33)22-10-11-25-26(17-22)34-27(31-25)16-20-6-2-1-3-7-20/h1-11,17,21H,12-16,18-19H2,(H,30,33). The fourth-order valence-corrected chi connectivity index (χ4v) is 4.51. The number of nitrogens with one attached hydrogen (secondary N) is 1. The number of benzene rings is 3. The van der Waals surface area contributed by atoms with E-state index in [0.717, 1.165) is 42.6 Å². The minimum absolute atomic E-state index is 0.100. The SMILES string of the molecule is O=C(NCC1CCN(Cc2ccccc2F)CC1)c1ccc2nc(Cc3ccccc3)oc2c1. The highest BCUT2D eigenvalue weighted by molar-refractivity contribution is 5.97. The van der Waals surface area contributed by atoms with Crippen LogP contribution in [-0.2, 0) is 13.0 Å². The molecule has 1 saturated heterocycles. The van der Waals surface area contributed by atoms with Crippen LogP contribution in [0.25, 0.3) is 11.1 Å². The molecule has 0 aliphatic carbocycles. The molecule has 5 nitrogen and oxygen atoms in total. The average molecular weight is 458 g/mol. The summed E-state index contributed by atoms with van der Waals surface area (Å²) in [5.41, 5.74) is 3.83. The normalized spacial score (nSPS) is 15.0. The number of amides is 1. The summed E-state index contributed by atoms with van der Waals surface area (Å²) in [5.74, 6) is 0.817. The minimum Gasteiger partial charge on any atom is -0.440 e. The van der Waals surface area contributed by atoms with Crippen molar-refractivity contribution in [3.05, 3.63) is 101 Å². The van der Waals surface area contributed by atoms with E-state index >= 15 is 0 Å². The number of hydrogen-bond donors (Lipinski definition) is 1. The highest BCUT2D eigenvalue weighted by atomic mass is 19.1. The zero-order valence-corrected chi connectivity index (χ0v) is 19.0. The summed E-state index contributed by atoms with van der Waals surface area (Å²) < 4.78 is 19.8. The first-order valence-corrected chi connectivity index (χ1v) is 11.8. The number of nitrogens with zero attached hydrogens (tertiary/aromatic N) is 2. The first kappa shape index (κ1) is 22.3. The summed E-state index contributed by atoms with van der Waals surface area (Å²) in [7, 11) is 0. The van der Waals surface area contributed by atoms with E-state index in [1.165, 1.54) is 6.07 Å². The third-order valence-electron chi connectivity index (χ3n) is 6.50. The van der Waals surface area contributed by atoms with Gasteiger partial charge in [-0.2, -0.15) is 0 Å². The van der Waals surface area contributed by atoms with Crippen molar-refractivity contribution in [3.63, 3.8) is 0 Å². The van der Waals surface area contributed by atoms with Crippen LogP contribution >= 0.6 is 0 Å². The number of oxazole rings is 1. The van der Waals surface area contributed by atoms with Gasteiger partial charge in [-0.15, -0.1) is 0 Å². The summed E-state index contributed by atoms with van der Waals surface area (Å²) in [6.45, 7) is 3.08. The highest BCUT2D eigenvalue weighted by Crippen LogP contribution is 2.21. The van der Waals surface area contributed by atoms with Crippen LogP contribution in [0, 0.1) is 11.7 Å². The Bertz CT molecular complexity index is 1260. The maximum atomic E-state index is 13.9. The van der Waals surface area contributed by atoms with Crippen molar-refractivity contribution >= 4 is 17.0 Å². The first-order valence-electron chi connectivity index (χ1n) is 11.8. The molecule has 0 radical (unpaired) electrons. The van der Waals surface area contributed by atoms with Gasteiger partial charge in [-0.1, -0.05) is 48.5 Å². The molecular weight excluding hydrogens is 429 g/mol. The van der Waals surface area contributed by atoms with Crippen LogP contribution in [0.4, 0.5) is 4.39 Å². The molecule has 3 aromatic carbocycles. The minimum atomic E-state index is -0.146. The molecule has 1 aliphatic rings. The summed E-state index contributed by atoms with van der Waals surface area (Å²) in [6, 6.07) is 22.4. The van der Waals surface area contributed by atoms with Crippen molar-refractivity contribution in [2.75, 3.05) is 19.6 Å². The van der Waals surface area contributed by atoms with Crippen molar-refractivity contribution in [2.45, 2.75) is 25.8 Å². The number of likely N-dealkylation sites (tertiary alicyclic amines) is 1. The fourth-order valence-electron chi connectivity index (χ4n) is 4.51. The number of rotatable bonds is 7. The van der Waals surface area contributed by atoms with Crippen LogP contribution in [0.3, 0.4) is 0 Å². The predicted octanol–water partition coefficient (Wildman–Crippen LogP) is 5.20. The molecule has 0 unspecified atom stereocenters. The van der Waals surface area contributed by atoms with Gasteiger partial charge in [0, 0.05) is 30.6 Å². The van der Waals surface area contributed by atoms with Gasteiger partial charge in [0.1, 0.15) is 11.3 Å². The zero-order chi connectivity index (χ0) is 23.3. The molecule has 174 valence electrons. The van der Waals surface area contributed by atoms with Crippen molar-refractivity contribution in [1.29, 1.82) is 0 Å². The molecule has 4 aromatic rings. The molecule has 6 heteroatoms. The van der Waals surface area contributed by atoms with Crippen LogP contribution in [0.15, 0.2) is 77.2 Å². The van der Waals surface area contributed by atoms with Gasteiger partial charge in [-0.25, -0.2) is 9.37 Å². The molecule has 0 bridgehead atoms. The fraction of sp³-hybridized carbons (Fsp3) is 0.286. The van der Waals surface area contributed by atoms with Crippen molar-refractivity contribution in [3.8, 4) is 0 Å². The Morgan fingerprint density at radius 3 is 2.59 bits per heavy atom. The second-order valence-electron chi connectivity index (χ2n) is 8.97. The third kappa shape index (κ3) is 5.34. The Morgan fingerprint density at radius 2 is 1.79 bits per heavy atom. The Kier molecular flexibility index (Phi) is 6.67. The lowest BCUT2D eigenvalue weighted by Gasteiger charge is -2.32. The van der Waals surface area contributed by atoms with Crippen molar-refractivity contribution in [1.82, 2.24) is 15.2 Å². The summed E-state index contributed by atoms with van der Waals surface area (Å²) in [5, 5.41) is 3.07. The molecule has 1 aromatic heterocycles. The molecule has 1 N–H and O–H groups in total. The van der Waals surface area contributed by atoms with E-state index in [0.29, 0.717) is 42.5 Å². The number of aromatic nitrogens is 1. The topological polar surface area (TPSA) is 58.4 Å². The first-order chi connectivity index (χ1) is 16.6. The highest BCUT2D eigenvalue weighted by Gasteiger charge is 2.21. The predicted molar refractivity (Wildman–Crippen MR) is 130 cm³/mol. The van der Waals surface area contributed by atoms with Gasteiger partial charge in [-0.05, 0) is 61.7 Å².